The Balaban J connectivity index is 1.26. The summed E-state index contributed by atoms with van der Waals surface area (Å²) in [4.78, 5) is 2.47. The molecule has 0 radical (unpaired) electrons. The summed E-state index contributed by atoms with van der Waals surface area (Å²) < 4.78 is 6.82. The quantitative estimate of drug-likeness (QED) is 0.184. The summed E-state index contributed by atoms with van der Waals surface area (Å²) in [6, 6.07) is 72.7. The van der Waals surface area contributed by atoms with Crippen molar-refractivity contribution >= 4 is 38.6 Å². The standard InChI is InChI=1S/C51H33NO/c1-2-15-34(16-3-1)38-21-9-12-26-46(38)52(47-27-14-19-35-17-4-6-20-39(35)47)37-30-31-42-41-23-8-10-24-43(41)51(45(42)33-37)44-25-11-13-28-48(44)53-49-32-29-36-18-5-7-22-40(36)50(49)51/h1-33H. The average Bonchev–Trinajstić information content (AvgIpc) is 3.51. The number of ether oxygens (including phenoxy) is 1. The molecule has 0 saturated carbocycles. The van der Waals surface area contributed by atoms with Gasteiger partial charge in [-0.25, -0.2) is 0 Å². The number of para-hydroxylation sites is 2. The average molecular weight is 676 g/mol. The Kier molecular flexibility index (Phi) is 6.50. The summed E-state index contributed by atoms with van der Waals surface area (Å²) >= 11 is 0. The lowest BCUT2D eigenvalue weighted by Crippen LogP contribution is -2.32. The molecule has 11 rings (SSSR count). The van der Waals surface area contributed by atoms with Crippen LogP contribution in [0.2, 0.25) is 0 Å². The lowest BCUT2D eigenvalue weighted by atomic mass is 9.65. The molecular formula is C51H33NO. The number of anilines is 3. The van der Waals surface area contributed by atoms with Gasteiger partial charge in [-0.05, 0) is 80.4 Å². The predicted molar refractivity (Wildman–Crippen MR) is 219 cm³/mol. The van der Waals surface area contributed by atoms with Crippen LogP contribution >= 0.6 is 0 Å². The van der Waals surface area contributed by atoms with Gasteiger partial charge < -0.3 is 9.64 Å². The minimum atomic E-state index is -0.615. The SMILES string of the molecule is c1ccc(-c2ccccc2N(c2ccc3c(c2)C2(c4ccccc4Oc4ccc5ccccc5c42)c2ccccc2-3)c2cccc3ccccc23)cc1. The third-order valence-electron chi connectivity index (χ3n) is 11.3. The normalized spacial score (nSPS) is 15.0. The van der Waals surface area contributed by atoms with Gasteiger partial charge in [0.05, 0.1) is 16.8 Å². The summed E-state index contributed by atoms with van der Waals surface area (Å²) in [5.74, 6) is 1.79. The van der Waals surface area contributed by atoms with E-state index in [1.165, 1.54) is 60.5 Å². The second-order valence-electron chi connectivity index (χ2n) is 14.0. The molecule has 2 heteroatoms. The zero-order chi connectivity index (χ0) is 34.9. The maximum absolute atomic E-state index is 6.82. The highest BCUT2D eigenvalue weighted by Crippen LogP contribution is 2.64. The van der Waals surface area contributed by atoms with E-state index < -0.39 is 5.41 Å². The highest BCUT2D eigenvalue weighted by atomic mass is 16.5. The van der Waals surface area contributed by atoms with Crippen LogP contribution < -0.4 is 9.64 Å². The molecule has 248 valence electrons. The van der Waals surface area contributed by atoms with Crippen LogP contribution in [0.5, 0.6) is 11.5 Å². The Morgan fingerprint density at radius 3 is 1.87 bits per heavy atom. The summed E-state index contributed by atoms with van der Waals surface area (Å²) in [6.45, 7) is 0. The van der Waals surface area contributed by atoms with E-state index in [0.29, 0.717) is 0 Å². The summed E-state index contributed by atoms with van der Waals surface area (Å²) in [7, 11) is 0. The van der Waals surface area contributed by atoms with Gasteiger partial charge in [0.2, 0.25) is 0 Å². The Bertz CT molecular complexity index is 2890. The molecule has 2 aliphatic rings. The van der Waals surface area contributed by atoms with Crippen molar-refractivity contribution in [2.24, 2.45) is 0 Å². The Morgan fingerprint density at radius 2 is 1.00 bits per heavy atom. The highest BCUT2D eigenvalue weighted by Gasteiger charge is 2.52. The molecule has 2 nitrogen and oxygen atoms in total. The molecule has 0 N–H and O–H groups in total. The molecule has 9 aromatic rings. The fraction of sp³-hybridized carbons (Fsp3) is 0.0196. The number of hydrogen-bond donors (Lipinski definition) is 0. The topological polar surface area (TPSA) is 12.5 Å². The maximum Gasteiger partial charge on any atom is 0.132 e. The van der Waals surface area contributed by atoms with Gasteiger partial charge in [0.15, 0.2) is 0 Å². The van der Waals surface area contributed by atoms with Gasteiger partial charge in [-0.1, -0.05) is 164 Å². The molecule has 1 aliphatic heterocycles. The van der Waals surface area contributed by atoms with Crippen LogP contribution in [0.25, 0.3) is 43.8 Å². The van der Waals surface area contributed by atoms with Gasteiger partial charge in [0.25, 0.3) is 0 Å². The second-order valence-corrected chi connectivity index (χ2v) is 14.0. The van der Waals surface area contributed by atoms with E-state index in [9.17, 15) is 0 Å². The molecule has 1 atom stereocenters. The van der Waals surface area contributed by atoms with E-state index in [1.807, 2.05) is 0 Å². The van der Waals surface area contributed by atoms with Crippen LogP contribution in [0.4, 0.5) is 17.1 Å². The summed E-state index contributed by atoms with van der Waals surface area (Å²) in [6.07, 6.45) is 0. The Labute approximate surface area is 308 Å². The van der Waals surface area contributed by atoms with Gasteiger partial charge in [-0.2, -0.15) is 0 Å². The first-order chi connectivity index (χ1) is 26.3. The fourth-order valence-electron chi connectivity index (χ4n) is 9.15. The smallest absolute Gasteiger partial charge is 0.132 e. The lowest BCUT2D eigenvalue weighted by Gasteiger charge is -2.40. The largest absolute Gasteiger partial charge is 0.457 e. The fourth-order valence-corrected chi connectivity index (χ4v) is 9.15. The monoisotopic (exact) mass is 675 g/mol. The minimum absolute atomic E-state index is 0.615. The first-order valence-electron chi connectivity index (χ1n) is 18.3. The number of hydrogen-bond acceptors (Lipinski definition) is 2. The zero-order valence-corrected chi connectivity index (χ0v) is 28.9. The molecule has 1 aliphatic carbocycles. The molecule has 9 aromatic carbocycles. The van der Waals surface area contributed by atoms with Gasteiger partial charge in [-0.15, -0.1) is 0 Å². The van der Waals surface area contributed by atoms with Crippen molar-refractivity contribution in [3.63, 3.8) is 0 Å². The molecule has 53 heavy (non-hydrogen) atoms. The van der Waals surface area contributed by atoms with Crippen LogP contribution in [0.1, 0.15) is 22.3 Å². The van der Waals surface area contributed by atoms with Crippen molar-refractivity contribution in [3.05, 3.63) is 222 Å². The van der Waals surface area contributed by atoms with Crippen molar-refractivity contribution in [3.8, 4) is 33.8 Å². The van der Waals surface area contributed by atoms with Crippen LogP contribution in [-0.4, -0.2) is 0 Å². The van der Waals surface area contributed by atoms with Gasteiger partial charge in [-0.3, -0.25) is 0 Å². The molecule has 0 saturated heterocycles. The lowest BCUT2D eigenvalue weighted by molar-refractivity contribution is 0.438. The van der Waals surface area contributed by atoms with Gasteiger partial charge in [0, 0.05) is 27.8 Å². The van der Waals surface area contributed by atoms with E-state index in [2.05, 4.69) is 205 Å². The molecule has 0 amide bonds. The number of benzene rings is 9. The summed E-state index contributed by atoms with van der Waals surface area (Å²) in [5, 5.41) is 4.80. The van der Waals surface area contributed by atoms with Crippen molar-refractivity contribution in [1.82, 2.24) is 0 Å². The first kappa shape index (κ1) is 29.8. The molecule has 0 aromatic heterocycles. The predicted octanol–water partition coefficient (Wildman–Crippen LogP) is 13.6. The van der Waals surface area contributed by atoms with E-state index in [-0.39, 0.29) is 0 Å². The molecule has 1 heterocycles. The van der Waals surface area contributed by atoms with Crippen LogP contribution in [0.15, 0.2) is 200 Å². The zero-order valence-electron chi connectivity index (χ0n) is 28.9. The first-order valence-corrected chi connectivity index (χ1v) is 18.3. The van der Waals surface area contributed by atoms with Crippen molar-refractivity contribution in [2.75, 3.05) is 4.90 Å². The Morgan fingerprint density at radius 1 is 0.377 bits per heavy atom. The van der Waals surface area contributed by atoms with Gasteiger partial charge >= 0.3 is 0 Å². The second kappa shape index (κ2) is 11.6. The molecule has 1 spiro atoms. The minimum Gasteiger partial charge on any atom is -0.457 e. The van der Waals surface area contributed by atoms with Crippen LogP contribution in [0.3, 0.4) is 0 Å². The van der Waals surface area contributed by atoms with Gasteiger partial charge in [0.1, 0.15) is 11.5 Å². The van der Waals surface area contributed by atoms with Crippen molar-refractivity contribution in [2.45, 2.75) is 5.41 Å². The summed E-state index contributed by atoms with van der Waals surface area (Å²) in [5.41, 5.74) is 12.5. The van der Waals surface area contributed by atoms with E-state index in [4.69, 9.17) is 4.74 Å². The van der Waals surface area contributed by atoms with E-state index in [0.717, 1.165) is 34.1 Å². The molecule has 0 fully saturated rings. The van der Waals surface area contributed by atoms with Crippen LogP contribution in [0, 0.1) is 0 Å². The third kappa shape index (κ3) is 4.27. The third-order valence-corrected chi connectivity index (χ3v) is 11.3. The maximum atomic E-state index is 6.82. The molecule has 0 bridgehead atoms. The van der Waals surface area contributed by atoms with E-state index >= 15 is 0 Å². The van der Waals surface area contributed by atoms with Crippen molar-refractivity contribution in [1.29, 1.82) is 0 Å². The number of nitrogens with zero attached hydrogens (tertiary/aromatic N) is 1. The Hall–Kier alpha value is -6.90. The number of fused-ring (bicyclic) bond motifs is 12. The van der Waals surface area contributed by atoms with Crippen molar-refractivity contribution < 1.29 is 4.74 Å². The highest BCUT2D eigenvalue weighted by molar-refractivity contribution is 6.03. The van der Waals surface area contributed by atoms with Crippen LogP contribution in [-0.2, 0) is 5.41 Å². The molecule has 1 unspecified atom stereocenters. The van der Waals surface area contributed by atoms with E-state index in [1.54, 1.807) is 0 Å². The number of rotatable bonds is 4. The molecular weight excluding hydrogens is 643 g/mol.